The van der Waals surface area contributed by atoms with Crippen LogP contribution in [0.3, 0.4) is 0 Å². The molecule has 2 unspecified atom stereocenters. The zero-order valence-electron chi connectivity index (χ0n) is 10.8. The van der Waals surface area contributed by atoms with E-state index < -0.39 is 0 Å². The number of rotatable bonds is 3. The molecule has 18 heavy (non-hydrogen) atoms. The van der Waals surface area contributed by atoms with Gasteiger partial charge in [-0.2, -0.15) is 0 Å². The minimum Gasteiger partial charge on any atom is -0.396 e. The van der Waals surface area contributed by atoms with Crippen LogP contribution in [0, 0.1) is 11.8 Å². The first-order valence-electron chi connectivity index (χ1n) is 7.08. The molecule has 4 nitrogen and oxygen atoms in total. The lowest BCUT2D eigenvalue weighted by atomic mass is 9.97. The summed E-state index contributed by atoms with van der Waals surface area (Å²) < 4.78 is 7.76. The molecule has 3 rings (SSSR count). The third kappa shape index (κ3) is 2.59. The molecule has 1 aromatic heterocycles. The van der Waals surface area contributed by atoms with Gasteiger partial charge in [-0.25, -0.2) is 4.98 Å². The second kappa shape index (κ2) is 5.41. The van der Waals surface area contributed by atoms with Crippen molar-refractivity contribution in [3.05, 3.63) is 17.7 Å². The highest BCUT2D eigenvalue weighted by Crippen LogP contribution is 2.23. The van der Waals surface area contributed by atoms with Gasteiger partial charge in [0, 0.05) is 44.9 Å². The van der Waals surface area contributed by atoms with Crippen molar-refractivity contribution in [2.24, 2.45) is 11.8 Å². The molecule has 0 aliphatic carbocycles. The van der Waals surface area contributed by atoms with Crippen LogP contribution in [-0.2, 0) is 24.1 Å². The highest BCUT2D eigenvalue weighted by Gasteiger charge is 2.21. The highest BCUT2D eigenvalue weighted by molar-refractivity contribution is 5.08. The van der Waals surface area contributed by atoms with E-state index in [-0.39, 0.29) is 0 Å². The smallest absolute Gasteiger partial charge is 0.108 e. The standard InChI is InChI=1S/C14H22N2O2/c17-9-12-3-4-14-15-13(8-16(14)7-12)6-11-2-1-5-18-10-11/h8,11-12,17H,1-7,9-10H2. The minimum atomic E-state index is 0.295. The van der Waals surface area contributed by atoms with Gasteiger partial charge in [0.1, 0.15) is 5.82 Å². The average molecular weight is 250 g/mol. The lowest BCUT2D eigenvalue weighted by molar-refractivity contribution is 0.0547. The van der Waals surface area contributed by atoms with Crippen LogP contribution in [0.4, 0.5) is 0 Å². The Kier molecular flexibility index (Phi) is 3.66. The van der Waals surface area contributed by atoms with E-state index in [9.17, 15) is 5.11 Å². The molecule has 1 N–H and O–H groups in total. The fourth-order valence-electron chi connectivity index (χ4n) is 3.09. The van der Waals surface area contributed by atoms with Crippen LogP contribution in [0.25, 0.3) is 0 Å². The molecule has 0 amide bonds. The molecule has 2 aliphatic heterocycles. The van der Waals surface area contributed by atoms with E-state index in [1.165, 1.54) is 24.4 Å². The molecule has 4 heteroatoms. The molecular formula is C14H22N2O2. The van der Waals surface area contributed by atoms with Crippen LogP contribution < -0.4 is 0 Å². The number of aromatic nitrogens is 2. The number of aliphatic hydroxyl groups is 1. The largest absolute Gasteiger partial charge is 0.396 e. The Hall–Kier alpha value is -0.870. The molecule has 1 saturated heterocycles. The fraction of sp³-hybridized carbons (Fsp3) is 0.786. The Morgan fingerprint density at radius 3 is 3.11 bits per heavy atom. The molecule has 0 bridgehead atoms. The van der Waals surface area contributed by atoms with E-state index in [0.717, 1.165) is 39.0 Å². The Morgan fingerprint density at radius 1 is 1.39 bits per heavy atom. The Morgan fingerprint density at radius 2 is 2.33 bits per heavy atom. The lowest BCUT2D eigenvalue weighted by Crippen LogP contribution is -2.22. The summed E-state index contributed by atoms with van der Waals surface area (Å²) in [5, 5.41) is 9.23. The average Bonchev–Trinajstić information content (AvgIpc) is 2.80. The van der Waals surface area contributed by atoms with Gasteiger partial charge in [-0.1, -0.05) is 0 Å². The van der Waals surface area contributed by atoms with Gasteiger partial charge in [-0.3, -0.25) is 0 Å². The summed E-state index contributed by atoms with van der Waals surface area (Å²) in [7, 11) is 0. The van der Waals surface area contributed by atoms with Crippen LogP contribution in [0.2, 0.25) is 0 Å². The van der Waals surface area contributed by atoms with Crippen molar-refractivity contribution < 1.29 is 9.84 Å². The summed E-state index contributed by atoms with van der Waals surface area (Å²) >= 11 is 0. The molecule has 0 saturated carbocycles. The second-order valence-electron chi connectivity index (χ2n) is 5.68. The van der Waals surface area contributed by atoms with Crippen molar-refractivity contribution in [3.8, 4) is 0 Å². The summed E-state index contributed by atoms with van der Waals surface area (Å²) in [6.45, 7) is 3.04. The van der Waals surface area contributed by atoms with Crippen molar-refractivity contribution in [2.45, 2.75) is 38.6 Å². The highest BCUT2D eigenvalue weighted by atomic mass is 16.5. The number of ether oxygens (including phenoxy) is 1. The molecule has 1 fully saturated rings. The minimum absolute atomic E-state index is 0.295. The predicted molar refractivity (Wildman–Crippen MR) is 68.4 cm³/mol. The number of imidazole rings is 1. The van der Waals surface area contributed by atoms with Gasteiger partial charge in [0.15, 0.2) is 0 Å². The van der Waals surface area contributed by atoms with Crippen LogP contribution in [0.15, 0.2) is 6.20 Å². The molecule has 2 atom stereocenters. The maximum Gasteiger partial charge on any atom is 0.108 e. The number of aryl methyl sites for hydroxylation is 1. The van der Waals surface area contributed by atoms with E-state index in [0.29, 0.717) is 18.4 Å². The van der Waals surface area contributed by atoms with E-state index in [4.69, 9.17) is 9.72 Å². The zero-order valence-corrected chi connectivity index (χ0v) is 10.8. The van der Waals surface area contributed by atoms with E-state index in [2.05, 4.69) is 10.8 Å². The van der Waals surface area contributed by atoms with E-state index in [1.54, 1.807) is 0 Å². The van der Waals surface area contributed by atoms with Crippen molar-refractivity contribution >= 4 is 0 Å². The lowest BCUT2D eigenvalue weighted by Gasteiger charge is -2.21. The van der Waals surface area contributed by atoms with E-state index >= 15 is 0 Å². The molecule has 100 valence electrons. The number of nitrogens with zero attached hydrogens (tertiary/aromatic N) is 2. The van der Waals surface area contributed by atoms with Gasteiger partial charge in [0.25, 0.3) is 0 Å². The molecule has 0 aromatic carbocycles. The Bertz CT molecular complexity index is 396. The van der Waals surface area contributed by atoms with Crippen molar-refractivity contribution in [3.63, 3.8) is 0 Å². The molecular weight excluding hydrogens is 228 g/mol. The van der Waals surface area contributed by atoms with Gasteiger partial charge < -0.3 is 14.4 Å². The van der Waals surface area contributed by atoms with Crippen LogP contribution in [0.5, 0.6) is 0 Å². The Balaban J connectivity index is 1.65. The quantitative estimate of drug-likeness (QED) is 0.882. The van der Waals surface area contributed by atoms with Crippen molar-refractivity contribution in [1.29, 1.82) is 0 Å². The van der Waals surface area contributed by atoms with Crippen molar-refractivity contribution in [1.82, 2.24) is 9.55 Å². The van der Waals surface area contributed by atoms with Gasteiger partial charge in [0.05, 0.1) is 5.69 Å². The molecule has 2 aliphatic rings. The van der Waals surface area contributed by atoms with Gasteiger partial charge in [0.2, 0.25) is 0 Å². The molecule has 1 aromatic rings. The molecule has 0 spiro atoms. The van der Waals surface area contributed by atoms with Gasteiger partial charge in [-0.05, 0) is 31.6 Å². The number of fused-ring (bicyclic) bond motifs is 1. The first kappa shape index (κ1) is 12.2. The maximum absolute atomic E-state index is 9.23. The topological polar surface area (TPSA) is 47.3 Å². The summed E-state index contributed by atoms with van der Waals surface area (Å²) in [5.41, 5.74) is 1.21. The van der Waals surface area contributed by atoms with Gasteiger partial charge >= 0.3 is 0 Å². The first-order chi connectivity index (χ1) is 8.85. The third-order valence-corrected chi connectivity index (χ3v) is 4.15. The van der Waals surface area contributed by atoms with Crippen LogP contribution in [0.1, 0.15) is 30.8 Å². The van der Waals surface area contributed by atoms with Crippen LogP contribution >= 0.6 is 0 Å². The molecule has 0 radical (unpaired) electrons. The summed E-state index contributed by atoms with van der Waals surface area (Å²) in [6.07, 6.45) is 7.76. The summed E-state index contributed by atoms with van der Waals surface area (Å²) in [6, 6.07) is 0. The number of hydrogen-bond donors (Lipinski definition) is 1. The second-order valence-corrected chi connectivity index (χ2v) is 5.68. The third-order valence-electron chi connectivity index (χ3n) is 4.15. The normalized spacial score (nSPS) is 28.1. The summed E-state index contributed by atoms with van der Waals surface area (Å²) in [4.78, 5) is 4.74. The van der Waals surface area contributed by atoms with E-state index in [1.807, 2.05) is 0 Å². The SMILES string of the molecule is OCC1CCc2nc(CC3CCCOC3)cn2C1. The molecule has 3 heterocycles. The fourth-order valence-corrected chi connectivity index (χ4v) is 3.09. The number of hydrogen-bond acceptors (Lipinski definition) is 3. The number of aliphatic hydroxyl groups excluding tert-OH is 1. The summed E-state index contributed by atoms with van der Waals surface area (Å²) in [5.74, 6) is 2.26. The first-order valence-corrected chi connectivity index (χ1v) is 7.08. The monoisotopic (exact) mass is 250 g/mol. The zero-order chi connectivity index (χ0) is 12.4. The van der Waals surface area contributed by atoms with Crippen LogP contribution in [-0.4, -0.2) is 34.5 Å². The Labute approximate surface area is 108 Å². The van der Waals surface area contributed by atoms with Crippen molar-refractivity contribution in [2.75, 3.05) is 19.8 Å². The predicted octanol–water partition coefficient (Wildman–Crippen LogP) is 1.41. The van der Waals surface area contributed by atoms with Gasteiger partial charge in [-0.15, -0.1) is 0 Å². The maximum atomic E-state index is 9.23.